The SMILES string of the molecule is CC1(C)S[C@@H]2[C@H](N=CN3CCCCCC3)C(=O)N2[C@H]1C(=O)OC(OC(=O)[C@@H]1N2C(=O)[C@@H](N=CN3CCCCCC3)[C@H]2SC1(C)C)c1ccccc1. The first-order chi connectivity index (χ1) is 24.5. The number of amides is 2. The predicted molar refractivity (Wildman–Crippen MR) is 198 cm³/mol. The van der Waals surface area contributed by atoms with Gasteiger partial charge in [-0.3, -0.25) is 19.6 Å². The van der Waals surface area contributed by atoms with Crippen molar-refractivity contribution >= 4 is 60.0 Å². The lowest BCUT2D eigenvalue weighted by Crippen LogP contribution is -2.65. The quantitative estimate of drug-likeness (QED) is 0.118. The fraction of sp³-hybridized carbons (Fsp3) is 0.676. The topological polar surface area (TPSA) is 124 Å². The van der Waals surface area contributed by atoms with E-state index >= 15 is 0 Å². The van der Waals surface area contributed by atoms with Crippen LogP contribution in [0.3, 0.4) is 0 Å². The number of aliphatic imine (C=N–C) groups is 2. The molecule has 276 valence electrons. The number of benzene rings is 1. The smallest absolute Gasteiger partial charge is 0.333 e. The molecule has 2 amide bonds. The molecule has 6 heterocycles. The van der Waals surface area contributed by atoms with Gasteiger partial charge < -0.3 is 29.1 Å². The zero-order valence-electron chi connectivity index (χ0n) is 30.0. The van der Waals surface area contributed by atoms with E-state index in [-0.39, 0.29) is 22.6 Å². The monoisotopic (exact) mass is 738 g/mol. The minimum absolute atomic E-state index is 0.209. The minimum Gasteiger partial charge on any atom is -0.419 e. The molecule has 7 rings (SSSR count). The van der Waals surface area contributed by atoms with E-state index in [2.05, 4.69) is 19.8 Å². The molecule has 0 aliphatic carbocycles. The molecule has 6 atom stereocenters. The van der Waals surface area contributed by atoms with Crippen LogP contribution in [0.1, 0.15) is 90.9 Å². The second-order valence-corrected chi connectivity index (χ2v) is 19.0. The van der Waals surface area contributed by atoms with E-state index in [1.165, 1.54) is 49.2 Å². The van der Waals surface area contributed by atoms with E-state index in [0.717, 1.165) is 51.9 Å². The van der Waals surface area contributed by atoms with Gasteiger partial charge in [0.2, 0.25) is 0 Å². The number of nitrogens with zero attached hydrogens (tertiary/aromatic N) is 6. The molecule has 6 aliphatic rings. The van der Waals surface area contributed by atoms with Crippen LogP contribution in [-0.4, -0.2) is 127 Å². The first-order valence-electron chi connectivity index (χ1n) is 18.5. The Kier molecular flexibility index (Phi) is 10.4. The van der Waals surface area contributed by atoms with Gasteiger partial charge in [-0.2, -0.15) is 0 Å². The van der Waals surface area contributed by atoms with E-state index in [0.29, 0.717) is 5.56 Å². The molecule has 6 aliphatic heterocycles. The van der Waals surface area contributed by atoms with Gasteiger partial charge >= 0.3 is 11.9 Å². The number of hydrogen-bond donors (Lipinski definition) is 0. The summed E-state index contributed by atoms with van der Waals surface area (Å²) in [6, 6.07) is 5.93. The summed E-state index contributed by atoms with van der Waals surface area (Å²) in [4.78, 5) is 71.9. The molecule has 1 aromatic rings. The number of carbonyl (C=O) groups excluding carboxylic acids is 4. The van der Waals surface area contributed by atoms with Crippen molar-refractivity contribution in [3.05, 3.63) is 35.9 Å². The molecular weight excluding hydrogens is 689 g/mol. The van der Waals surface area contributed by atoms with Crippen molar-refractivity contribution in [3.63, 3.8) is 0 Å². The molecular formula is C37H50N6O6S2. The summed E-state index contributed by atoms with van der Waals surface area (Å²) in [5.74, 6) is -1.72. The van der Waals surface area contributed by atoms with Gasteiger partial charge in [0.05, 0.1) is 12.7 Å². The maximum atomic E-state index is 14.1. The lowest BCUT2D eigenvalue weighted by molar-refractivity contribution is -0.201. The molecule has 0 unspecified atom stereocenters. The van der Waals surface area contributed by atoms with Crippen molar-refractivity contribution in [1.29, 1.82) is 0 Å². The van der Waals surface area contributed by atoms with E-state index in [9.17, 15) is 19.2 Å². The number of β-lactam (4-membered cyclic amide) rings is 2. The number of ether oxygens (including phenoxy) is 2. The van der Waals surface area contributed by atoms with Crippen LogP contribution in [0.15, 0.2) is 40.3 Å². The zero-order chi connectivity index (χ0) is 35.9. The molecule has 0 aromatic heterocycles. The predicted octanol–water partition coefficient (Wildman–Crippen LogP) is 4.44. The van der Waals surface area contributed by atoms with Gasteiger partial charge in [0.25, 0.3) is 18.1 Å². The Labute approximate surface area is 309 Å². The highest BCUT2D eigenvalue weighted by Gasteiger charge is 2.66. The van der Waals surface area contributed by atoms with Gasteiger partial charge in [0.15, 0.2) is 12.1 Å². The second kappa shape index (κ2) is 14.6. The molecule has 6 fully saturated rings. The van der Waals surface area contributed by atoms with Crippen molar-refractivity contribution in [2.45, 2.75) is 130 Å². The highest BCUT2D eigenvalue weighted by Crippen LogP contribution is 2.53. The van der Waals surface area contributed by atoms with Crippen molar-refractivity contribution in [3.8, 4) is 0 Å². The Morgan fingerprint density at radius 3 is 1.47 bits per heavy atom. The van der Waals surface area contributed by atoms with E-state index in [4.69, 9.17) is 9.47 Å². The van der Waals surface area contributed by atoms with E-state index in [1.807, 2.05) is 46.4 Å². The molecule has 12 nitrogen and oxygen atoms in total. The lowest BCUT2D eigenvalue weighted by Gasteiger charge is -2.42. The summed E-state index contributed by atoms with van der Waals surface area (Å²) in [7, 11) is 0. The van der Waals surface area contributed by atoms with Gasteiger partial charge in [-0.1, -0.05) is 56.0 Å². The van der Waals surface area contributed by atoms with E-state index in [1.54, 1.807) is 34.1 Å². The van der Waals surface area contributed by atoms with Crippen LogP contribution in [0, 0.1) is 0 Å². The zero-order valence-corrected chi connectivity index (χ0v) is 31.7. The maximum Gasteiger partial charge on any atom is 0.333 e. The fourth-order valence-corrected chi connectivity index (χ4v) is 11.3. The van der Waals surface area contributed by atoms with Crippen LogP contribution in [0.2, 0.25) is 0 Å². The molecule has 51 heavy (non-hydrogen) atoms. The lowest BCUT2D eigenvalue weighted by atomic mass is 9.96. The fourth-order valence-electron chi connectivity index (χ4n) is 8.09. The summed E-state index contributed by atoms with van der Waals surface area (Å²) in [6.07, 6.45) is 11.5. The highest BCUT2D eigenvalue weighted by atomic mass is 32.2. The highest BCUT2D eigenvalue weighted by molar-refractivity contribution is 8.02. The Morgan fingerprint density at radius 2 is 1.08 bits per heavy atom. The molecule has 0 bridgehead atoms. The second-order valence-electron chi connectivity index (χ2n) is 15.5. The third kappa shape index (κ3) is 7.11. The Morgan fingerprint density at radius 1 is 0.686 bits per heavy atom. The minimum atomic E-state index is -1.37. The number of rotatable bonds is 9. The number of likely N-dealkylation sites (tertiary alicyclic amines) is 2. The van der Waals surface area contributed by atoms with Gasteiger partial charge in [-0.15, -0.1) is 23.5 Å². The molecule has 1 aromatic carbocycles. The van der Waals surface area contributed by atoms with Crippen LogP contribution in [0.5, 0.6) is 0 Å². The Hall–Kier alpha value is -3.26. The van der Waals surface area contributed by atoms with Gasteiger partial charge in [-0.25, -0.2) is 9.59 Å². The van der Waals surface area contributed by atoms with Crippen molar-refractivity contribution in [1.82, 2.24) is 19.6 Å². The van der Waals surface area contributed by atoms with Crippen LogP contribution >= 0.6 is 23.5 Å². The summed E-state index contributed by atoms with van der Waals surface area (Å²) in [5, 5.41) is -0.571. The van der Waals surface area contributed by atoms with Gasteiger partial charge in [0.1, 0.15) is 22.8 Å². The average Bonchev–Trinajstić information content (AvgIpc) is 3.30. The molecule has 6 saturated heterocycles. The Balaban J connectivity index is 1.04. The van der Waals surface area contributed by atoms with Gasteiger partial charge in [-0.05, 0) is 53.4 Å². The summed E-state index contributed by atoms with van der Waals surface area (Å²) in [5.41, 5.74) is 0.476. The van der Waals surface area contributed by atoms with Crippen molar-refractivity contribution < 1.29 is 28.7 Å². The van der Waals surface area contributed by atoms with Crippen LogP contribution < -0.4 is 0 Å². The number of fused-ring (bicyclic) bond motifs is 2. The molecule has 0 saturated carbocycles. The van der Waals surface area contributed by atoms with E-state index < -0.39 is 51.9 Å². The van der Waals surface area contributed by atoms with Crippen molar-refractivity contribution in [2.75, 3.05) is 26.2 Å². The third-order valence-corrected chi connectivity index (χ3v) is 14.0. The number of carbonyl (C=O) groups is 4. The Bertz CT molecular complexity index is 1450. The summed E-state index contributed by atoms with van der Waals surface area (Å²) in [6.45, 7) is 11.4. The molecule has 0 spiro atoms. The first-order valence-corrected chi connectivity index (χ1v) is 20.2. The van der Waals surface area contributed by atoms with Crippen LogP contribution in [-0.2, 0) is 28.7 Å². The normalized spacial score (nSPS) is 32.2. The van der Waals surface area contributed by atoms with Crippen molar-refractivity contribution in [2.24, 2.45) is 9.98 Å². The number of thioether (sulfide) groups is 2. The average molecular weight is 739 g/mol. The summed E-state index contributed by atoms with van der Waals surface area (Å²) < 4.78 is 10.7. The third-order valence-electron chi connectivity index (χ3n) is 10.9. The molecule has 14 heteroatoms. The standard InChI is InChI=1S/C37H50N6O6S2/c1-36(2)27(42-29(44)25(31(42)50-36)38-22-40-18-12-5-6-13-19-40)33(46)48-35(24-16-10-9-11-17-24)49-34(47)28-37(3,4)51-32-26(30(45)43(28)32)39-23-41-20-14-7-8-15-21-41/h9-11,16-17,22-23,25-28,31-32,35H,5-8,12-15,18-21H2,1-4H3/t25-,26-,27+,28+,31-,32-,35?/m1/s1. The summed E-state index contributed by atoms with van der Waals surface area (Å²) >= 11 is 3.08. The van der Waals surface area contributed by atoms with Crippen LogP contribution in [0.4, 0.5) is 0 Å². The number of hydrogen-bond acceptors (Lipinski definition) is 10. The van der Waals surface area contributed by atoms with Gasteiger partial charge in [0, 0.05) is 41.2 Å². The molecule has 0 radical (unpaired) electrons. The molecule has 0 N–H and O–H groups in total. The number of esters is 2. The largest absolute Gasteiger partial charge is 0.419 e. The first kappa shape index (κ1) is 36.1. The van der Waals surface area contributed by atoms with Crippen LogP contribution in [0.25, 0.3) is 0 Å². The maximum absolute atomic E-state index is 14.1.